The van der Waals surface area contributed by atoms with Gasteiger partial charge in [0.25, 0.3) is 5.91 Å². The lowest BCUT2D eigenvalue weighted by atomic mass is 10.0. The molecule has 0 unspecified atom stereocenters. The number of amides is 1. The maximum atomic E-state index is 11.8. The number of rotatable bonds is 4. The van der Waals surface area contributed by atoms with Crippen molar-refractivity contribution in [3.63, 3.8) is 0 Å². The molecule has 1 rings (SSSR count). The molecule has 0 fully saturated rings. The fourth-order valence-electron chi connectivity index (χ4n) is 1.45. The number of hydrogen-bond acceptors (Lipinski definition) is 3. The lowest BCUT2D eigenvalue weighted by Crippen LogP contribution is -2.44. The van der Waals surface area contributed by atoms with Crippen LogP contribution in [-0.2, 0) is 4.79 Å². The standard InChI is InChI=1S/C12H16N2O3/c1-7(2)9(12(16)17)14-11(15)10-8(3)5-4-6-13-10/h4-7,9H,1-3H3,(H,14,15)(H,16,17)/t9-/m0/s1. The molecule has 5 heteroatoms. The summed E-state index contributed by atoms with van der Waals surface area (Å²) in [5.41, 5.74) is 0.984. The molecule has 0 bridgehead atoms. The first-order chi connectivity index (χ1) is 7.93. The maximum Gasteiger partial charge on any atom is 0.326 e. The van der Waals surface area contributed by atoms with Crippen molar-refractivity contribution in [1.29, 1.82) is 0 Å². The van der Waals surface area contributed by atoms with Gasteiger partial charge in [-0.1, -0.05) is 19.9 Å². The quantitative estimate of drug-likeness (QED) is 0.824. The number of nitrogens with zero attached hydrogens (tertiary/aromatic N) is 1. The SMILES string of the molecule is Cc1cccnc1C(=O)N[C@H](C(=O)O)C(C)C. The molecule has 92 valence electrons. The zero-order chi connectivity index (χ0) is 13.0. The van der Waals surface area contributed by atoms with E-state index in [1.807, 2.05) is 0 Å². The zero-order valence-corrected chi connectivity index (χ0v) is 10.1. The van der Waals surface area contributed by atoms with Gasteiger partial charge in [0.1, 0.15) is 11.7 Å². The van der Waals surface area contributed by atoms with Crippen molar-refractivity contribution in [1.82, 2.24) is 10.3 Å². The van der Waals surface area contributed by atoms with Gasteiger partial charge in [-0.3, -0.25) is 9.78 Å². The average Bonchev–Trinajstić information content (AvgIpc) is 2.25. The number of nitrogens with one attached hydrogen (secondary N) is 1. The highest BCUT2D eigenvalue weighted by atomic mass is 16.4. The van der Waals surface area contributed by atoms with Crippen LogP contribution in [0.4, 0.5) is 0 Å². The minimum Gasteiger partial charge on any atom is -0.480 e. The largest absolute Gasteiger partial charge is 0.480 e. The third-order valence-electron chi connectivity index (χ3n) is 2.44. The first-order valence-corrected chi connectivity index (χ1v) is 5.38. The van der Waals surface area contributed by atoms with Crippen molar-refractivity contribution in [2.75, 3.05) is 0 Å². The van der Waals surface area contributed by atoms with Crippen LogP contribution in [0, 0.1) is 12.8 Å². The van der Waals surface area contributed by atoms with E-state index in [-0.39, 0.29) is 11.6 Å². The van der Waals surface area contributed by atoms with Gasteiger partial charge in [0, 0.05) is 6.20 Å². The van der Waals surface area contributed by atoms with E-state index in [4.69, 9.17) is 5.11 Å². The number of carboxylic acids is 1. The Kier molecular flexibility index (Phi) is 4.20. The predicted octanol–water partition coefficient (Wildman–Crippen LogP) is 1.23. The number of pyridine rings is 1. The monoisotopic (exact) mass is 236 g/mol. The van der Waals surface area contributed by atoms with Crippen molar-refractivity contribution in [3.05, 3.63) is 29.6 Å². The molecule has 0 aromatic carbocycles. The Labute approximate surface area is 99.9 Å². The van der Waals surface area contributed by atoms with Gasteiger partial charge < -0.3 is 10.4 Å². The first-order valence-electron chi connectivity index (χ1n) is 5.38. The summed E-state index contributed by atoms with van der Waals surface area (Å²) in [5, 5.41) is 11.4. The molecule has 1 amide bonds. The van der Waals surface area contributed by atoms with Crippen LogP contribution < -0.4 is 5.32 Å². The summed E-state index contributed by atoms with van der Waals surface area (Å²) in [5.74, 6) is -1.67. The van der Waals surface area contributed by atoms with Gasteiger partial charge in [-0.15, -0.1) is 0 Å². The summed E-state index contributed by atoms with van der Waals surface area (Å²) in [6, 6.07) is 2.58. The third-order valence-corrected chi connectivity index (χ3v) is 2.44. The number of hydrogen-bond donors (Lipinski definition) is 2. The van der Waals surface area contributed by atoms with E-state index >= 15 is 0 Å². The molecule has 0 radical (unpaired) electrons. The second kappa shape index (κ2) is 5.43. The van der Waals surface area contributed by atoms with Gasteiger partial charge in [0.15, 0.2) is 0 Å². The van der Waals surface area contributed by atoms with E-state index in [0.717, 1.165) is 5.56 Å². The highest BCUT2D eigenvalue weighted by Gasteiger charge is 2.24. The lowest BCUT2D eigenvalue weighted by molar-refractivity contribution is -0.140. The van der Waals surface area contributed by atoms with Crippen molar-refractivity contribution >= 4 is 11.9 Å². The van der Waals surface area contributed by atoms with Gasteiger partial charge in [0.05, 0.1) is 0 Å². The molecule has 17 heavy (non-hydrogen) atoms. The Balaban J connectivity index is 2.85. The number of aryl methyl sites for hydroxylation is 1. The summed E-state index contributed by atoms with van der Waals surface area (Å²) < 4.78 is 0. The number of carbonyl (C=O) groups excluding carboxylic acids is 1. The maximum absolute atomic E-state index is 11.8. The van der Waals surface area contributed by atoms with Crippen LogP contribution >= 0.6 is 0 Å². The molecule has 1 aromatic rings. The Morgan fingerprint density at radius 1 is 1.41 bits per heavy atom. The van der Waals surface area contributed by atoms with Crippen molar-refractivity contribution in [2.45, 2.75) is 26.8 Å². The molecule has 0 saturated heterocycles. The topological polar surface area (TPSA) is 79.3 Å². The molecule has 1 aromatic heterocycles. The minimum atomic E-state index is -1.04. The molecule has 0 aliphatic heterocycles. The number of carbonyl (C=O) groups is 2. The number of aliphatic carboxylic acids is 1. The molecule has 0 aliphatic carbocycles. The van der Waals surface area contributed by atoms with Crippen LogP contribution in [0.5, 0.6) is 0 Å². The minimum absolute atomic E-state index is 0.180. The molecule has 5 nitrogen and oxygen atoms in total. The summed E-state index contributed by atoms with van der Waals surface area (Å²) in [7, 11) is 0. The number of aromatic nitrogens is 1. The summed E-state index contributed by atoms with van der Waals surface area (Å²) in [6.07, 6.45) is 1.51. The van der Waals surface area contributed by atoms with Crippen LogP contribution in [0.15, 0.2) is 18.3 Å². The van der Waals surface area contributed by atoms with Crippen molar-refractivity contribution < 1.29 is 14.7 Å². The normalized spacial score (nSPS) is 12.2. The van der Waals surface area contributed by atoms with Crippen LogP contribution in [0.25, 0.3) is 0 Å². The van der Waals surface area contributed by atoms with Crippen LogP contribution in [0.3, 0.4) is 0 Å². The van der Waals surface area contributed by atoms with E-state index in [0.29, 0.717) is 0 Å². The van der Waals surface area contributed by atoms with Crippen LogP contribution in [0.1, 0.15) is 29.9 Å². The van der Waals surface area contributed by atoms with Crippen LogP contribution in [-0.4, -0.2) is 28.0 Å². The third kappa shape index (κ3) is 3.27. The molecular weight excluding hydrogens is 220 g/mol. The molecule has 0 aliphatic rings. The summed E-state index contributed by atoms with van der Waals surface area (Å²) in [6.45, 7) is 5.24. The smallest absolute Gasteiger partial charge is 0.326 e. The van der Waals surface area contributed by atoms with Crippen molar-refractivity contribution in [2.24, 2.45) is 5.92 Å². The van der Waals surface area contributed by atoms with Gasteiger partial charge in [-0.25, -0.2) is 4.79 Å². The predicted molar refractivity (Wildman–Crippen MR) is 62.7 cm³/mol. The zero-order valence-electron chi connectivity index (χ0n) is 10.1. The highest BCUT2D eigenvalue weighted by Crippen LogP contribution is 2.06. The lowest BCUT2D eigenvalue weighted by Gasteiger charge is -2.17. The van der Waals surface area contributed by atoms with E-state index < -0.39 is 17.9 Å². The molecule has 0 spiro atoms. The number of carboxylic acid groups (broad SMARTS) is 1. The Morgan fingerprint density at radius 2 is 2.06 bits per heavy atom. The molecule has 0 saturated carbocycles. The second-order valence-electron chi connectivity index (χ2n) is 4.20. The summed E-state index contributed by atoms with van der Waals surface area (Å²) in [4.78, 5) is 26.8. The van der Waals surface area contributed by atoms with E-state index in [2.05, 4.69) is 10.3 Å². The summed E-state index contributed by atoms with van der Waals surface area (Å²) >= 11 is 0. The van der Waals surface area contributed by atoms with E-state index in [9.17, 15) is 9.59 Å². The highest BCUT2D eigenvalue weighted by molar-refractivity contribution is 5.96. The van der Waals surface area contributed by atoms with E-state index in [1.54, 1.807) is 32.9 Å². The van der Waals surface area contributed by atoms with Gasteiger partial charge in [-0.2, -0.15) is 0 Å². The Hall–Kier alpha value is -1.91. The Bertz CT molecular complexity index is 430. The molecule has 1 atom stereocenters. The van der Waals surface area contributed by atoms with Gasteiger partial charge in [0.2, 0.25) is 0 Å². The Morgan fingerprint density at radius 3 is 2.53 bits per heavy atom. The molecular formula is C12H16N2O3. The molecule has 1 heterocycles. The fourth-order valence-corrected chi connectivity index (χ4v) is 1.45. The van der Waals surface area contributed by atoms with Gasteiger partial charge in [-0.05, 0) is 24.5 Å². The second-order valence-corrected chi connectivity index (χ2v) is 4.20. The first kappa shape index (κ1) is 13.2. The molecule has 2 N–H and O–H groups in total. The van der Waals surface area contributed by atoms with Crippen molar-refractivity contribution in [3.8, 4) is 0 Å². The van der Waals surface area contributed by atoms with E-state index in [1.165, 1.54) is 6.20 Å². The average molecular weight is 236 g/mol. The van der Waals surface area contributed by atoms with Gasteiger partial charge >= 0.3 is 5.97 Å². The van der Waals surface area contributed by atoms with Crippen LogP contribution in [0.2, 0.25) is 0 Å². The fraction of sp³-hybridized carbons (Fsp3) is 0.417.